The maximum Gasteiger partial charge on any atom is 0.341 e. The Labute approximate surface area is 133 Å². The lowest BCUT2D eigenvalue weighted by Gasteiger charge is -2.07. The fourth-order valence-electron chi connectivity index (χ4n) is 2.04. The summed E-state index contributed by atoms with van der Waals surface area (Å²) < 4.78 is 19.0. The molecule has 6 heteroatoms. The highest BCUT2D eigenvalue weighted by molar-refractivity contribution is 5.92. The molecule has 0 aromatic heterocycles. The van der Waals surface area contributed by atoms with Crippen LogP contribution in [0.3, 0.4) is 0 Å². The molecule has 0 fully saturated rings. The molecule has 0 atom stereocenters. The number of quaternary nitrogens is 1. The number of nitrogens with two attached hydrogens (primary N) is 1. The number of carbonyl (C=O) groups is 1. The first-order valence-electron chi connectivity index (χ1n) is 6.67. The lowest BCUT2D eigenvalue weighted by atomic mass is 10.0. The van der Waals surface area contributed by atoms with Crippen LogP contribution in [0.5, 0.6) is 0 Å². The number of hydrogen-bond donors (Lipinski definition) is 1. The Hall–Kier alpha value is -2.54. The molecule has 0 aliphatic carbocycles. The molecule has 0 saturated carbocycles. The van der Waals surface area contributed by atoms with E-state index in [0.29, 0.717) is 16.8 Å². The molecule has 23 heavy (non-hydrogen) atoms. The van der Waals surface area contributed by atoms with Gasteiger partial charge < -0.3 is 20.9 Å². The third-order valence-electron chi connectivity index (χ3n) is 3.30. The van der Waals surface area contributed by atoms with Gasteiger partial charge in [-0.15, -0.1) is 0 Å². The number of halogens is 1. The molecule has 2 aromatic rings. The number of hydrogen-bond acceptors (Lipinski definition) is 3. The number of carbonyl (C=O) groups excluding carboxylic acids is 1. The summed E-state index contributed by atoms with van der Waals surface area (Å²) in [5, 5.41) is 10.6. The topological polar surface area (TPSA) is 97.5 Å². The fraction of sp³-hybridized carbons (Fsp3) is 0.118. The van der Waals surface area contributed by atoms with Gasteiger partial charge in [0.05, 0.1) is 12.7 Å². The van der Waals surface area contributed by atoms with Crippen LogP contribution in [0.2, 0.25) is 0 Å². The molecule has 0 aliphatic rings. The average Bonchev–Trinajstić information content (AvgIpc) is 2.54. The van der Waals surface area contributed by atoms with Crippen molar-refractivity contribution >= 4 is 23.8 Å². The number of esters is 1. The van der Waals surface area contributed by atoms with Gasteiger partial charge in [-0.3, -0.25) is 0 Å². The van der Waals surface area contributed by atoms with Gasteiger partial charge >= 0.3 is 5.97 Å². The summed E-state index contributed by atoms with van der Waals surface area (Å²) in [7, 11) is 1.22. The second-order valence-corrected chi connectivity index (χ2v) is 4.77. The number of methoxy groups -OCH3 is 1. The third kappa shape index (κ3) is 4.23. The van der Waals surface area contributed by atoms with Crippen molar-refractivity contribution in [1.29, 1.82) is 0 Å². The molecule has 122 valence electrons. The molecule has 2 rings (SSSR count). The Kier molecular flexibility index (Phi) is 6.59. The molecular formula is C17H18FNO4. The second-order valence-electron chi connectivity index (χ2n) is 4.77. The van der Waals surface area contributed by atoms with Crippen LogP contribution >= 0.6 is 0 Å². The highest BCUT2D eigenvalue weighted by Gasteiger charge is 2.17. The van der Waals surface area contributed by atoms with E-state index < -0.39 is 11.8 Å². The lowest BCUT2D eigenvalue weighted by molar-refractivity contribution is -0.497. The summed E-state index contributed by atoms with van der Waals surface area (Å²) in [6.45, 7) is 1.65. The van der Waals surface area contributed by atoms with Crippen LogP contribution in [0, 0.1) is 17.9 Å². The van der Waals surface area contributed by atoms with E-state index in [9.17, 15) is 14.4 Å². The summed E-state index contributed by atoms with van der Waals surface area (Å²) in [6, 6.07) is 10.1. The van der Waals surface area contributed by atoms with Gasteiger partial charge in [0.25, 0.3) is 0 Å². The summed E-state index contributed by atoms with van der Waals surface area (Å²) in [4.78, 5) is 11.6. The Bertz CT molecular complexity index is 711. The largest absolute Gasteiger partial charge is 0.630 e. The van der Waals surface area contributed by atoms with Crippen LogP contribution in [-0.2, 0) is 4.74 Å². The van der Waals surface area contributed by atoms with Gasteiger partial charge in [-0.1, -0.05) is 24.3 Å². The summed E-state index contributed by atoms with van der Waals surface area (Å²) in [6.07, 6.45) is 3.29. The Morgan fingerprint density at radius 1 is 1.17 bits per heavy atom. The summed E-state index contributed by atoms with van der Waals surface area (Å²) >= 11 is 0. The first kappa shape index (κ1) is 18.5. The molecule has 0 unspecified atom stereocenters. The van der Waals surface area contributed by atoms with E-state index in [1.54, 1.807) is 55.5 Å². The average molecular weight is 319 g/mol. The van der Waals surface area contributed by atoms with E-state index in [-0.39, 0.29) is 11.0 Å². The third-order valence-corrected chi connectivity index (χ3v) is 3.30. The van der Waals surface area contributed by atoms with Crippen LogP contribution in [0.15, 0.2) is 36.4 Å². The molecule has 0 heterocycles. The van der Waals surface area contributed by atoms with Crippen molar-refractivity contribution in [1.82, 2.24) is 0 Å². The van der Waals surface area contributed by atoms with Crippen LogP contribution in [0.1, 0.15) is 27.0 Å². The van der Waals surface area contributed by atoms with Gasteiger partial charge in [0.2, 0.25) is 0 Å². The molecule has 0 radical (unpaired) electrons. The highest BCUT2D eigenvalue weighted by atomic mass is 19.1. The summed E-state index contributed by atoms with van der Waals surface area (Å²) in [5.74, 6) is -1.30. The van der Waals surface area contributed by atoms with Gasteiger partial charge in [-0.05, 0) is 42.3 Å². The van der Waals surface area contributed by atoms with Crippen molar-refractivity contribution in [2.75, 3.05) is 7.11 Å². The van der Waals surface area contributed by atoms with Crippen molar-refractivity contribution in [3.8, 4) is 0 Å². The van der Waals surface area contributed by atoms with Crippen LogP contribution in [-0.4, -0.2) is 18.6 Å². The van der Waals surface area contributed by atoms with E-state index in [2.05, 4.69) is 4.74 Å². The van der Waals surface area contributed by atoms with Crippen molar-refractivity contribution in [3.63, 3.8) is 0 Å². The molecule has 0 saturated heterocycles. The van der Waals surface area contributed by atoms with Crippen LogP contribution in [0.25, 0.3) is 12.2 Å². The zero-order valence-electron chi connectivity index (χ0n) is 12.8. The first-order valence-corrected chi connectivity index (χ1v) is 6.67. The highest BCUT2D eigenvalue weighted by Crippen LogP contribution is 2.20. The van der Waals surface area contributed by atoms with Crippen molar-refractivity contribution in [3.05, 3.63) is 69.7 Å². The molecule has 0 amide bonds. The molecule has 0 spiro atoms. The number of ether oxygens (including phenoxy) is 1. The Balaban J connectivity index is 0.00000264. The van der Waals surface area contributed by atoms with Crippen molar-refractivity contribution in [2.45, 2.75) is 6.92 Å². The number of rotatable bonds is 4. The van der Waals surface area contributed by atoms with Crippen molar-refractivity contribution in [2.24, 2.45) is 0 Å². The van der Waals surface area contributed by atoms with Crippen LogP contribution in [0.4, 0.5) is 10.1 Å². The van der Waals surface area contributed by atoms with Gasteiger partial charge in [0.15, 0.2) is 0 Å². The lowest BCUT2D eigenvalue weighted by Crippen LogP contribution is -2.70. The zero-order chi connectivity index (χ0) is 16.1. The minimum Gasteiger partial charge on any atom is -0.630 e. The molecular weight excluding hydrogens is 301 g/mol. The first-order chi connectivity index (χ1) is 10.6. The maximum atomic E-state index is 14.4. The minimum absolute atomic E-state index is 0. The predicted molar refractivity (Wildman–Crippen MR) is 86.4 cm³/mol. The number of aryl methyl sites for hydroxylation is 1. The maximum absolute atomic E-state index is 14.4. The van der Waals surface area contributed by atoms with E-state index in [0.717, 1.165) is 11.0 Å². The monoisotopic (exact) mass is 319 g/mol. The zero-order valence-corrected chi connectivity index (χ0v) is 12.8. The SMILES string of the molecule is COC(=O)c1c(C)ccc(/C=C/c2ccc([NH2+][O-])cc2)c1F.O. The van der Waals surface area contributed by atoms with Gasteiger partial charge in [0, 0.05) is 5.56 Å². The van der Waals surface area contributed by atoms with Crippen LogP contribution < -0.4 is 5.48 Å². The molecule has 0 bridgehead atoms. The number of benzene rings is 2. The second kappa shape index (κ2) is 8.19. The van der Waals surface area contributed by atoms with Gasteiger partial charge in [-0.2, -0.15) is 0 Å². The van der Waals surface area contributed by atoms with Gasteiger partial charge in [-0.25, -0.2) is 9.18 Å². The van der Waals surface area contributed by atoms with Gasteiger partial charge in [0.1, 0.15) is 11.5 Å². The standard InChI is InChI=1S/C17H16FNO3.H2O/c1-11-3-7-13(16(18)15(11)17(20)22-2)8-4-12-5-9-14(19-21)10-6-12;/h3-10H,19H2,1-2H3;1H2/b8-4+;. The fourth-order valence-corrected chi connectivity index (χ4v) is 2.04. The molecule has 5 nitrogen and oxygen atoms in total. The summed E-state index contributed by atoms with van der Waals surface area (Å²) in [5.41, 5.74) is 2.93. The predicted octanol–water partition coefficient (Wildman–Crippen LogP) is 1.96. The van der Waals surface area contributed by atoms with E-state index in [1.807, 2.05) is 0 Å². The normalized spacial score (nSPS) is 10.4. The molecule has 2 aromatic carbocycles. The minimum atomic E-state index is -0.694. The Morgan fingerprint density at radius 2 is 1.83 bits per heavy atom. The Morgan fingerprint density at radius 3 is 2.39 bits per heavy atom. The quantitative estimate of drug-likeness (QED) is 0.404. The van der Waals surface area contributed by atoms with Crippen molar-refractivity contribution < 1.29 is 24.9 Å². The van der Waals surface area contributed by atoms with E-state index >= 15 is 0 Å². The van der Waals surface area contributed by atoms with E-state index in [1.165, 1.54) is 7.11 Å². The molecule has 4 N–H and O–H groups in total. The smallest absolute Gasteiger partial charge is 0.341 e. The van der Waals surface area contributed by atoms with E-state index in [4.69, 9.17) is 0 Å². The molecule has 0 aliphatic heterocycles.